The number of likely N-dealkylation sites (N-methyl/N-ethyl adjacent to an activating group) is 1. The molecule has 3 atom stereocenters. The fraction of sp³-hybridized carbons (Fsp3) is 0.406. The molecular weight excluding hydrogens is 579 g/mol. The Hall–Kier alpha value is -4.32. The van der Waals surface area contributed by atoms with Gasteiger partial charge in [0.2, 0.25) is 5.91 Å². The first-order valence-electron chi connectivity index (χ1n) is 14.5. The summed E-state index contributed by atoms with van der Waals surface area (Å²) in [7, 11) is 1.55. The van der Waals surface area contributed by atoms with Crippen molar-refractivity contribution in [3.05, 3.63) is 83.6 Å². The molecule has 1 aliphatic rings. The third kappa shape index (κ3) is 8.19. The van der Waals surface area contributed by atoms with Gasteiger partial charge in [-0.05, 0) is 49.1 Å². The number of nitrogens with one attached hydrogen (secondary N) is 1. The van der Waals surface area contributed by atoms with Crippen molar-refractivity contribution in [1.29, 1.82) is 0 Å². The van der Waals surface area contributed by atoms with Gasteiger partial charge in [0.1, 0.15) is 18.4 Å². The minimum absolute atomic E-state index is 0.0224. The number of amides is 3. The van der Waals surface area contributed by atoms with E-state index in [1.54, 1.807) is 7.05 Å². The number of aliphatic hydroxyl groups is 1. The van der Waals surface area contributed by atoms with Crippen LogP contribution in [-0.2, 0) is 22.3 Å². The molecule has 2 heterocycles. The highest BCUT2D eigenvalue weighted by Crippen LogP contribution is 2.32. The molecule has 1 aromatic heterocycles. The molecule has 3 aromatic rings. The summed E-state index contributed by atoms with van der Waals surface area (Å²) >= 11 is 0. The molecule has 4 rings (SSSR count). The number of β-amino-alcohol motifs (C(OH)–C–C–N with tert-alkyl or cyclic N) is 1. The lowest BCUT2D eigenvalue weighted by Gasteiger charge is -2.34. The molecule has 1 fully saturated rings. The van der Waals surface area contributed by atoms with Gasteiger partial charge in [-0.25, -0.2) is 4.79 Å². The summed E-state index contributed by atoms with van der Waals surface area (Å²) < 4.78 is 50.4. The van der Waals surface area contributed by atoms with Gasteiger partial charge < -0.3 is 29.4 Å². The molecule has 0 radical (unpaired) electrons. The lowest BCUT2D eigenvalue weighted by atomic mass is 10.0. The van der Waals surface area contributed by atoms with Crippen LogP contribution >= 0.6 is 0 Å². The van der Waals surface area contributed by atoms with E-state index in [1.165, 1.54) is 34.1 Å². The van der Waals surface area contributed by atoms with Crippen LogP contribution < -0.4 is 5.32 Å². The Bertz CT molecular complexity index is 1430. The van der Waals surface area contributed by atoms with Gasteiger partial charge >= 0.3 is 12.3 Å². The first-order valence-corrected chi connectivity index (χ1v) is 14.5. The second-order valence-corrected chi connectivity index (χ2v) is 10.8. The highest BCUT2D eigenvalue weighted by molar-refractivity contribution is 5.96. The van der Waals surface area contributed by atoms with Crippen LogP contribution in [0, 0.1) is 0 Å². The predicted octanol–water partition coefficient (Wildman–Crippen LogP) is 5.48. The number of ether oxygens (including phenoxy) is 1. The van der Waals surface area contributed by atoms with E-state index < -0.39 is 47.8 Å². The van der Waals surface area contributed by atoms with Crippen LogP contribution in [0.15, 0.2) is 71.1 Å². The number of halogens is 3. The molecule has 0 bridgehead atoms. The summed E-state index contributed by atoms with van der Waals surface area (Å²) in [5.41, 5.74) is 0.145. The van der Waals surface area contributed by atoms with Crippen molar-refractivity contribution < 1.29 is 41.8 Å². The van der Waals surface area contributed by atoms with Gasteiger partial charge in [0.25, 0.3) is 5.91 Å². The van der Waals surface area contributed by atoms with E-state index in [9.17, 15) is 32.7 Å². The molecule has 236 valence electrons. The standard InChI is InChI=1S/C32H36F3N3O6/c1-3-9-24(36-29(40)28-16-15-27(44-28)22-12-7-13-23(18-22)32(33,34)35)30(41)37(2)25-14-8-17-38(19-26(25)39)31(42)43-20-21-10-5-4-6-11-21/h4-7,10-13,15-16,18,24-26,39H,3,8-9,14,17,19-20H2,1-2H3,(H,36,40)/t24-,25?,26?/m0/s1. The number of benzene rings is 2. The van der Waals surface area contributed by atoms with Crippen LogP contribution in [0.1, 0.15) is 54.3 Å². The number of alkyl halides is 3. The lowest BCUT2D eigenvalue weighted by molar-refractivity contribution is -0.138. The molecule has 0 spiro atoms. The van der Waals surface area contributed by atoms with Gasteiger partial charge in [0.05, 0.1) is 24.3 Å². The van der Waals surface area contributed by atoms with Gasteiger partial charge in [-0.15, -0.1) is 0 Å². The van der Waals surface area contributed by atoms with E-state index in [1.807, 2.05) is 37.3 Å². The zero-order valence-electron chi connectivity index (χ0n) is 24.5. The molecule has 9 nitrogen and oxygen atoms in total. The number of rotatable bonds is 9. The molecule has 2 aromatic carbocycles. The van der Waals surface area contributed by atoms with Crippen LogP contribution in [-0.4, -0.2) is 71.1 Å². The van der Waals surface area contributed by atoms with Crippen molar-refractivity contribution >= 4 is 17.9 Å². The van der Waals surface area contributed by atoms with Gasteiger partial charge in [-0.3, -0.25) is 9.59 Å². The van der Waals surface area contributed by atoms with E-state index in [0.29, 0.717) is 32.2 Å². The highest BCUT2D eigenvalue weighted by atomic mass is 19.4. The SMILES string of the molecule is CCC[C@H](NC(=O)c1ccc(-c2cccc(C(F)(F)F)c2)o1)C(=O)N(C)C1CCCN(C(=O)OCc2ccccc2)CC1O. The Morgan fingerprint density at radius 3 is 2.57 bits per heavy atom. The fourth-order valence-corrected chi connectivity index (χ4v) is 5.20. The summed E-state index contributed by atoms with van der Waals surface area (Å²) in [6.07, 6.45) is -4.32. The largest absolute Gasteiger partial charge is 0.451 e. The molecule has 44 heavy (non-hydrogen) atoms. The number of carbonyl (C=O) groups is 3. The first-order chi connectivity index (χ1) is 21.0. The minimum atomic E-state index is -4.53. The van der Waals surface area contributed by atoms with Crippen LogP contribution in [0.25, 0.3) is 11.3 Å². The Kier molecular flexibility index (Phi) is 10.7. The number of aliphatic hydroxyl groups excluding tert-OH is 1. The highest BCUT2D eigenvalue weighted by Gasteiger charge is 2.36. The molecule has 0 aliphatic carbocycles. The third-order valence-corrected chi connectivity index (χ3v) is 7.57. The normalized spacial score (nSPS) is 17.8. The summed E-state index contributed by atoms with van der Waals surface area (Å²) in [6, 6.07) is 15.0. The predicted molar refractivity (Wildman–Crippen MR) is 155 cm³/mol. The molecule has 0 saturated carbocycles. The zero-order valence-corrected chi connectivity index (χ0v) is 24.5. The van der Waals surface area contributed by atoms with E-state index in [2.05, 4.69) is 5.32 Å². The maximum Gasteiger partial charge on any atom is 0.416 e. The molecule has 3 amide bonds. The van der Waals surface area contributed by atoms with Crippen molar-refractivity contribution in [3.63, 3.8) is 0 Å². The third-order valence-electron chi connectivity index (χ3n) is 7.57. The number of hydrogen-bond donors (Lipinski definition) is 2. The molecular formula is C32H36F3N3O6. The Labute approximate surface area is 253 Å². The van der Waals surface area contributed by atoms with Gasteiger partial charge in [0, 0.05) is 19.2 Å². The van der Waals surface area contributed by atoms with Crippen molar-refractivity contribution in [1.82, 2.24) is 15.1 Å². The Morgan fingerprint density at radius 2 is 1.86 bits per heavy atom. The Morgan fingerprint density at radius 1 is 1.11 bits per heavy atom. The maximum atomic E-state index is 13.5. The first kappa shape index (κ1) is 32.6. The summed E-state index contributed by atoms with van der Waals surface area (Å²) in [4.78, 5) is 42.1. The number of nitrogens with zero attached hydrogens (tertiary/aromatic N) is 2. The van der Waals surface area contributed by atoms with Gasteiger partial charge in [-0.2, -0.15) is 13.2 Å². The average molecular weight is 616 g/mol. The van der Waals surface area contributed by atoms with E-state index in [-0.39, 0.29) is 30.2 Å². The zero-order chi connectivity index (χ0) is 31.9. The monoisotopic (exact) mass is 615 g/mol. The van der Waals surface area contributed by atoms with Crippen LogP contribution in [0.2, 0.25) is 0 Å². The number of carbonyl (C=O) groups excluding carboxylic acids is 3. The summed E-state index contributed by atoms with van der Waals surface area (Å²) in [5, 5.41) is 13.7. The lowest BCUT2D eigenvalue weighted by Crippen LogP contribution is -2.54. The van der Waals surface area contributed by atoms with E-state index in [0.717, 1.165) is 17.7 Å². The second kappa shape index (κ2) is 14.4. The number of furan rings is 1. The average Bonchev–Trinajstić information content (AvgIpc) is 3.43. The maximum absolute atomic E-state index is 13.5. The minimum Gasteiger partial charge on any atom is -0.451 e. The number of likely N-dealkylation sites (tertiary alicyclic amines) is 1. The summed E-state index contributed by atoms with van der Waals surface area (Å²) in [6.45, 7) is 2.28. The van der Waals surface area contributed by atoms with Gasteiger partial charge in [-0.1, -0.05) is 55.8 Å². The van der Waals surface area contributed by atoms with Crippen LogP contribution in [0.3, 0.4) is 0 Å². The number of hydrogen-bond acceptors (Lipinski definition) is 6. The second-order valence-electron chi connectivity index (χ2n) is 10.8. The van der Waals surface area contributed by atoms with Crippen molar-refractivity contribution in [2.45, 2.75) is 63.6 Å². The molecule has 1 aliphatic heterocycles. The van der Waals surface area contributed by atoms with E-state index >= 15 is 0 Å². The van der Waals surface area contributed by atoms with Crippen LogP contribution in [0.4, 0.5) is 18.0 Å². The fourth-order valence-electron chi connectivity index (χ4n) is 5.20. The topological polar surface area (TPSA) is 112 Å². The van der Waals surface area contributed by atoms with Crippen molar-refractivity contribution in [3.8, 4) is 11.3 Å². The van der Waals surface area contributed by atoms with Crippen molar-refractivity contribution in [2.24, 2.45) is 0 Å². The van der Waals surface area contributed by atoms with Crippen molar-refractivity contribution in [2.75, 3.05) is 20.1 Å². The molecule has 1 saturated heterocycles. The van der Waals surface area contributed by atoms with Gasteiger partial charge in [0.15, 0.2) is 5.76 Å². The quantitative estimate of drug-likeness (QED) is 0.330. The smallest absolute Gasteiger partial charge is 0.416 e. The molecule has 12 heteroatoms. The molecule has 2 N–H and O–H groups in total. The van der Waals surface area contributed by atoms with E-state index in [4.69, 9.17) is 9.15 Å². The van der Waals surface area contributed by atoms with Crippen LogP contribution in [0.5, 0.6) is 0 Å². The molecule has 2 unspecified atom stereocenters. The summed E-state index contributed by atoms with van der Waals surface area (Å²) in [5.74, 6) is -1.20. The Balaban J connectivity index is 1.38.